The van der Waals surface area contributed by atoms with Gasteiger partial charge >= 0.3 is 0 Å². The summed E-state index contributed by atoms with van der Waals surface area (Å²) in [6.07, 6.45) is 5.81. The van der Waals surface area contributed by atoms with E-state index in [0.717, 1.165) is 28.9 Å². The molecule has 0 saturated carbocycles. The molecule has 0 aliphatic carbocycles. The maximum absolute atomic E-state index is 13.1. The zero-order valence-corrected chi connectivity index (χ0v) is 14.0. The highest BCUT2D eigenvalue weighted by Gasteiger charge is 2.28. The smallest absolute Gasteiger partial charge is 0.259 e. The molecule has 1 amide bonds. The van der Waals surface area contributed by atoms with Gasteiger partial charge in [0, 0.05) is 48.7 Å². The van der Waals surface area contributed by atoms with E-state index in [1.54, 1.807) is 29.2 Å². The highest BCUT2D eigenvalue weighted by Crippen LogP contribution is 2.29. The van der Waals surface area contributed by atoms with Gasteiger partial charge in [-0.05, 0) is 6.07 Å². The third-order valence-electron chi connectivity index (χ3n) is 4.78. The number of benzene rings is 1. The number of hydrogen-bond acceptors (Lipinski definition) is 4. The van der Waals surface area contributed by atoms with Gasteiger partial charge in [0.25, 0.3) is 5.91 Å². The van der Waals surface area contributed by atoms with Gasteiger partial charge in [-0.25, -0.2) is 9.50 Å². The van der Waals surface area contributed by atoms with Crippen LogP contribution in [0.5, 0.6) is 0 Å². The molecule has 4 heterocycles. The van der Waals surface area contributed by atoms with E-state index in [1.165, 1.54) is 0 Å². The number of nitrogens with one attached hydrogen (secondary N) is 1. The summed E-state index contributed by atoms with van der Waals surface area (Å²) in [4.78, 5) is 19.2. The van der Waals surface area contributed by atoms with Crippen molar-refractivity contribution in [3.05, 3.63) is 71.8 Å². The summed E-state index contributed by atoms with van der Waals surface area (Å²) in [5, 5.41) is 11.8. The summed E-state index contributed by atoms with van der Waals surface area (Å²) in [6, 6.07) is 11.8. The van der Waals surface area contributed by atoms with Crippen molar-refractivity contribution in [1.82, 2.24) is 29.7 Å². The van der Waals surface area contributed by atoms with Crippen molar-refractivity contribution >= 4 is 11.6 Å². The van der Waals surface area contributed by atoms with E-state index in [9.17, 15) is 4.79 Å². The van der Waals surface area contributed by atoms with Crippen LogP contribution in [-0.4, -0.2) is 42.1 Å². The Morgan fingerprint density at radius 1 is 1.15 bits per heavy atom. The van der Waals surface area contributed by atoms with Crippen LogP contribution in [0.4, 0.5) is 0 Å². The maximum Gasteiger partial charge on any atom is 0.259 e. The topological polar surface area (TPSA) is 79.2 Å². The molecule has 0 spiro atoms. The first-order valence-electron chi connectivity index (χ1n) is 8.50. The summed E-state index contributed by atoms with van der Waals surface area (Å²) >= 11 is 0. The van der Waals surface area contributed by atoms with Crippen LogP contribution in [-0.2, 0) is 13.0 Å². The molecule has 0 fully saturated rings. The zero-order chi connectivity index (χ0) is 17.5. The van der Waals surface area contributed by atoms with Crippen LogP contribution in [0.1, 0.15) is 21.6 Å². The highest BCUT2D eigenvalue weighted by molar-refractivity contribution is 5.99. The van der Waals surface area contributed by atoms with E-state index in [-0.39, 0.29) is 5.91 Å². The molecule has 1 N–H and O–H groups in total. The van der Waals surface area contributed by atoms with E-state index in [1.807, 2.05) is 35.2 Å². The second-order valence-electron chi connectivity index (χ2n) is 6.32. The van der Waals surface area contributed by atoms with Crippen LogP contribution in [0.3, 0.4) is 0 Å². The van der Waals surface area contributed by atoms with Crippen LogP contribution in [0.25, 0.3) is 16.9 Å². The highest BCUT2D eigenvalue weighted by atomic mass is 16.2. The van der Waals surface area contributed by atoms with Gasteiger partial charge in [0.2, 0.25) is 0 Å². The van der Waals surface area contributed by atoms with Gasteiger partial charge in [0.05, 0.1) is 11.9 Å². The van der Waals surface area contributed by atoms with E-state index in [0.29, 0.717) is 24.3 Å². The zero-order valence-electron chi connectivity index (χ0n) is 14.0. The molecule has 7 heteroatoms. The van der Waals surface area contributed by atoms with Crippen molar-refractivity contribution in [2.45, 2.75) is 13.0 Å². The molecule has 1 aliphatic rings. The molecule has 0 radical (unpaired) electrons. The number of H-pyrrole nitrogens is 1. The number of fused-ring (bicyclic) bond motifs is 2. The number of rotatable bonds is 2. The first-order chi connectivity index (χ1) is 12.8. The van der Waals surface area contributed by atoms with Gasteiger partial charge in [-0.1, -0.05) is 30.3 Å². The first-order valence-corrected chi connectivity index (χ1v) is 8.50. The Morgan fingerprint density at radius 3 is 2.92 bits per heavy atom. The van der Waals surface area contributed by atoms with Gasteiger partial charge < -0.3 is 4.90 Å². The van der Waals surface area contributed by atoms with Gasteiger partial charge in [0.1, 0.15) is 5.56 Å². The van der Waals surface area contributed by atoms with Crippen LogP contribution >= 0.6 is 0 Å². The predicted octanol–water partition coefficient (Wildman–Crippen LogP) is 2.32. The molecule has 0 atom stereocenters. The van der Waals surface area contributed by atoms with Gasteiger partial charge in [-0.3, -0.25) is 9.89 Å². The molecule has 0 saturated heterocycles. The molecule has 3 aromatic heterocycles. The van der Waals surface area contributed by atoms with E-state index in [2.05, 4.69) is 20.3 Å². The molecule has 0 bridgehead atoms. The maximum atomic E-state index is 13.1. The van der Waals surface area contributed by atoms with Gasteiger partial charge in [-0.2, -0.15) is 10.2 Å². The van der Waals surface area contributed by atoms with E-state index in [4.69, 9.17) is 0 Å². The number of carbonyl (C=O) groups is 1. The predicted molar refractivity (Wildman–Crippen MR) is 95.5 cm³/mol. The summed E-state index contributed by atoms with van der Waals surface area (Å²) in [6.45, 7) is 1.17. The second-order valence-corrected chi connectivity index (χ2v) is 6.32. The van der Waals surface area contributed by atoms with Crippen molar-refractivity contribution in [1.29, 1.82) is 0 Å². The Bertz CT molecular complexity index is 1100. The Labute approximate surface area is 149 Å². The van der Waals surface area contributed by atoms with Gasteiger partial charge in [0.15, 0.2) is 5.65 Å². The summed E-state index contributed by atoms with van der Waals surface area (Å²) < 4.78 is 1.62. The number of hydrogen-bond donors (Lipinski definition) is 1. The molecule has 1 aromatic carbocycles. The fourth-order valence-electron chi connectivity index (χ4n) is 3.45. The third kappa shape index (κ3) is 2.28. The number of aromatic amines is 1. The average molecular weight is 344 g/mol. The van der Waals surface area contributed by atoms with Crippen molar-refractivity contribution in [2.75, 3.05) is 6.54 Å². The number of nitrogens with zero attached hydrogens (tertiary/aromatic N) is 5. The van der Waals surface area contributed by atoms with Crippen molar-refractivity contribution in [3.8, 4) is 11.3 Å². The minimum Gasteiger partial charge on any atom is -0.334 e. The molecule has 5 rings (SSSR count). The van der Waals surface area contributed by atoms with E-state index >= 15 is 0 Å². The molecular formula is C19H16N6O. The summed E-state index contributed by atoms with van der Waals surface area (Å²) in [5.41, 5.74) is 5.26. The van der Waals surface area contributed by atoms with Crippen molar-refractivity contribution < 1.29 is 4.79 Å². The van der Waals surface area contributed by atoms with Crippen molar-refractivity contribution in [2.24, 2.45) is 0 Å². The number of amides is 1. The lowest BCUT2D eigenvalue weighted by atomic mass is 10.0. The average Bonchev–Trinajstić information content (AvgIpc) is 3.32. The molecule has 4 aromatic rings. The van der Waals surface area contributed by atoms with Crippen LogP contribution < -0.4 is 0 Å². The molecule has 7 nitrogen and oxygen atoms in total. The minimum absolute atomic E-state index is 0.0513. The molecule has 26 heavy (non-hydrogen) atoms. The largest absolute Gasteiger partial charge is 0.334 e. The fraction of sp³-hybridized carbons (Fsp3) is 0.158. The van der Waals surface area contributed by atoms with Crippen LogP contribution in [0.15, 0.2) is 55.0 Å². The Kier molecular flexibility index (Phi) is 3.31. The molecule has 1 aliphatic heterocycles. The quantitative estimate of drug-likeness (QED) is 0.605. The lowest BCUT2D eigenvalue weighted by Gasteiger charge is -2.26. The van der Waals surface area contributed by atoms with Crippen molar-refractivity contribution in [3.63, 3.8) is 0 Å². The number of aromatic nitrogens is 5. The standard InChI is InChI=1S/C19H16N6O/c26-19(14-11-21-25-9-4-8-20-18(14)25)24-10-7-16-15(12-24)17(23-22-16)13-5-2-1-3-6-13/h1-6,8-9,11H,7,10,12H2,(H,22,23). The summed E-state index contributed by atoms with van der Waals surface area (Å²) in [5.74, 6) is -0.0513. The summed E-state index contributed by atoms with van der Waals surface area (Å²) in [7, 11) is 0. The third-order valence-corrected chi connectivity index (χ3v) is 4.78. The fourth-order valence-corrected chi connectivity index (χ4v) is 3.45. The van der Waals surface area contributed by atoms with E-state index < -0.39 is 0 Å². The molecule has 128 valence electrons. The lowest BCUT2D eigenvalue weighted by molar-refractivity contribution is 0.0736. The lowest BCUT2D eigenvalue weighted by Crippen LogP contribution is -2.36. The molecular weight excluding hydrogens is 328 g/mol. The number of carbonyl (C=O) groups excluding carboxylic acids is 1. The Balaban J connectivity index is 1.49. The monoisotopic (exact) mass is 344 g/mol. The Hall–Kier alpha value is -3.48. The SMILES string of the molecule is O=C(c1cnn2cccnc12)N1CCc2[nH]nc(-c3ccccc3)c2C1. The first kappa shape index (κ1) is 14.8. The molecule has 0 unspecified atom stereocenters. The normalized spacial score (nSPS) is 13.8. The van der Waals surface area contributed by atoms with Gasteiger partial charge in [-0.15, -0.1) is 0 Å². The second kappa shape index (κ2) is 5.80. The Morgan fingerprint density at radius 2 is 2.04 bits per heavy atom. The van der Waals surface area contributed by atoms with Crippen LogP contribution in [0, 0.1) is 0 Å². The minimum atomic E-state index is -0.0513. The van der Waals surface area contributed by atoms with Crippen LogP contribution in [0.2, 0.25) is 0 Å².